The molecule has 0 aliphatic heterocycles. The number of anilines is 1. The molecule has 0 atom stereocenters. The van der Waals surface area contributed by atoms with Gasteiger partial charge in [-0.1, -0.05) is 6.07 Å². The molecule has 9 nitrogen and oxygen atoms in total. The zero-order valence-corrected chi connectivity index (χ0v) is 14.4. The van der Waals surface area contributed by atoms with Gasteiger partial charge in [-0.2, -0.15) is 0 Å². The Morgan fingerprint density at radius 3 is 2.81 bits per heavy atom. The van der Waals surface area contributed by atoms with Crippen molar-refractivity contribution in [2.45, 2.75) is 4.90 Å². The van der Waals surface area contributed by atoms with Crippen LogP contribution in [0.5, 0.6) is 11.6 Å². The van der Waals surface area contributed by atoms with Gasteiger partial charge in [-0.3, -0.25) is 14.7 Å². The van der Waals surface area contributed by atoms with Gasteiger partial charge in [-0.05, 0) is 24.3 Å². The van der Waals surface area contributed by atoms with E-state index < -0.39 is 15.8 Å². The number of benzene rings is 2. The lowest BCUT2D eigenvalue weighted by molar-refractivity contribution is 0.460. The molecular formula is C17H12N4O5S. The average molecular weight is 384 g/mol. The van der Waals surface area contributed by atoms with Crippen LogP contribution in [-0.4, -0.2) is 23.4 Å². The van der Waals surface area contributed by atoms with E-state index in [9.17, 15) is 13.2 Å². The highest BCUT2D eigenvalue weighted by atomic mass is 32.2. The Morgan fingerprint density at radius 2 is 2.00 bits per heavy atom. The minimum Gasteiger partial charge on any atom is -0.437 e. The molecule has 0 spiro atoms. The lowest BCUT2D eigenvalue weighted by atomic mass is 10.3. The van der Waals surface area contributed by atoms with Gasteiger partial charge in [0.1, 0.15) is 5.75 Å². The fraction of sp³-hybridized carbons (Fsp3) is 0. The van der Waals surface area contributed by atoms with Gasteiger partial charge in [0, 0.05) is 24.5 Å². The van der Waals surface area contributed by atoms with Crippen molar-refractivity contribution >= 4 is 26.8 Å². The first-order chi connectivity index (χ1) is 13.0. The Bertz CT molecular complexity index is 1270. The number of oxazole rings is 1. The van der Waals surface area contributed by atoms with Crippen LogP contribution in [0.2, 0.25) is 0 Å². The topological polar surface area (TPSA) is 127 Å². The summed E-state index contributed by atoms with van der Waals surface area (Å²) in [6.45, 7) is 0. The normalized spacial score (nSPS) is 11.4. The molecule has 10 heteroatoms. The minimum absolute atomic E-state index is 0.0435. The summed E-state index contributed by atoms with van der Waals surface area (Å²) in [5.41, 5.74) is 0.868. The van der Waals surface area contributed by atoms with E-state index in [2.05, 4.69) is 19.7 Å². The molecule has 0 aliphatic carbocycles. The number of aromatic amines is 1. The molecule has 136 valence electrons. The molecule has 27 heavy (non-hydrogen) atoms. The Kier molecular flexibility index (Phi) is 4.09. The van der Waals surface area contributed by atoms with E-state index in [1.807, 2.05) is 0 Å². The molecule has 4 rings (SSSR count). The van der Waals surface area contributed by atoms with E-state index in [4.69, 9.17) is 9.15 Å². The molecule has 0 bridgehead atoms. The number of nitrogens with one attached hydrogen (secondary N) is 2. The Hall–Kier alpha value is -3.66. The van der Waals surface area contributed by atoms with Crippen LogP contribution in [0, 0.1) is 0 Å². The predicted octanol–water partition coefficient (Wildman–Crippen LogP) is 2.50. The molecule has 0 aliphatic rings. The first kappa shape index (κ1) is 16.8. The zero-order valence-electron chi connectivity index (χ0n) is 13.6. The van der Waals surface area contributed by atoms with Gasteiger partial charge >= 0.3 is 5.76 Å². The summed E-state index contributed by atoms with van der Waals surface area (Å²) in [5.74, 6) is 0.0228. The van der Waals surface area contributed by atoms with E-state index >= 15 is 0 Å². The monoisotopic (exact) mass is 384 g/mol. The Morgan fingerprint density at radius 1 is 1.11 bits per heavy atom. The molecule has 2 heterocycles. The van der Waals surface area contributed by atoms with Gasteiger partial charge in [0.25, 0.3) is 10.0 Å². The summed E-state index contributed by atoms with van der Waals surface area (Å²) >= 11 is 0. The lowest BCUT2D eigenvalue weighted by Crippen LogP contribution is -2.12. The van der Waals surface area contributed by atoms with Crippen LogP contribution < -0.4 is 15.2 Å². The van der Waals surface area contributed by atoms with Crippen LogP contribution in [0.4, 0.5) is 5.69 Å². The summed E-state index contributed by atoms with van der Waals surface area (Å²) in [7, 11) is -3.89. The maximum Gasteiger partial charge on any atom is 0.417 e. The van der Waals surface area contributed by atoms with Gasteiger partial charge in [-0.15, -0.1) is 0 Å². The third kappa shape index (κ3) is 3.65. The Labute approximate surface area is 152 Å². The van der Waals surface area contributed by atoms with Crippen molar-refractivity contribution in [2.24, 2.45) is 0 Å². The maximum absolute atomic E-state index is 12.6. The molecule has 2 aromatic heterocycles. The van der Waals surface area contributed by atoms with E-state index in [0.717, 1.165) is 0 Å². The summed E-state index contributed by atoms with van der Waals surface area (Å²) in [6, 6.07) is 10.5. The van der Waals surface area contributed by atoms with Crippen LogP contribution in [0.25, 0.3) is 11.1 Å². The minimum atomic E-state index is -3.89. The number of aromatic nitrogens is 3. The number of nitrogens with zero attached hydrogens (tertiary/aromatic N) is 2. The Balaban J connectivity index is 1.60. The van der Waals surface area contributed by atoms with Crippen molar-refractivity contribution in [3.05, 3.63) is 71.6 Å². The molecule has 0 unspecified atom stereocenters. The average Bonchev–Trinajstić information content (AvgIpc) is 3.01. The van der Waals surface area contributed by atoms with Gasteiger partial charge < -0.3 is 9.15 Å². The van der Waals surface area contributed by atoms with Crippen LogP contribution >= 0.6 is 0 Å². The van der Waals surface area contributed by atoms with Gasteiger partial charge in [0.2, 0.25) is 5.88 Å². The molecule has 4 aromatic rings. The predicted molar refractivity (Wildman–Crippen MR) is 96.2 cm³/mol. The van der Waals surface area contributed by atoms with Crippen LogP contribution in [-0.2, 0) is 10.0 Å². The second-order valence-electron chi connectivity index (χ2n) is 5.45. The van der Waals surface area contributed by atoms with Crippen molar-refractivity contribution in [1.82, 2.24) is 15.0 Å². The first-order valence-electron chi connectivity index (χ1n) is 7.69. The number of sulfonamides is 1. The summed E-state index contributed by atoms with van der Waals surface area (Å²) < 4.78 is 38.1. The standard InChI is InChI=1S/C17H12N4O5S/c22-17-20-14-5-4-13(9-15(14)26-17)27(23,24)21-11-2-1-3-12(8-11)25-16-10-18-6-7-19-16/h1-10,21H,(H,20,22). The molecule has 0 saturated heterocycles. The molecule has 0 amide bonds. The molecular weight excluding hydrogens is 372 g/mol. The maximum atomic E-state index is 12.6. The lowest BCUT2D eigenvalue weighted by Gasteiger charge is -2.10. The van der Waals surface area contributed by atoms with Gasteiger partial charge in [0.15, 0.2) is 5.58 Å². The number of fused-ring (bicyclic) bond motifs is 1. The van der Waals surface area contributed by atoms with Crippen LogP contribution in [0.1, 0.15) is 0 Å². The summed E-state index contributed by atoms with van der Waals surface area (Å²) in [4.78, 5) is 21.5. The highest BCUT2D eigenvalue weighted by Gasteiger charge is 2.16. The van der Waals surface area contributed by atoms with E-state index in [0.29, 0.717) is 17.0 Å². The van der Waals surface area contributed by atoms with Crippen molar-refractivity contribution in [2.75, 3.05) is 4.72 Å². The third-order valence-corrected chi connectivity index (χ3v) is 4.93. The second-order valence-corrected chi connectivity index (χ2v) is 7.13. The van der Waals surface area contributed by atoms with Gasteiger partial charge in [0.05, 0.1) is 22.3 Å². The molecule has 2 aromatic carbocycles. The number of H-pyrrole nitrogens is 1. The number of hydrogen-bond donors (Lipinski definition) is 2. The first-order valence-corrected chi connectivity index (χ1v) is 9.17. The van der Waals surface area contributed by atoms with E-state index in [1.54, 1.807) is 18.2 Å². The van der Waals surface area contributed by atoms with Gasteiger partial charge in [-0.25, -0.2) is 18.2 Å². The molecule has 0 saturated carbocycles. The van der Waals surface area contributed by atoms with Crippen molar-refractivity contribution in [3.8, 4) is 11.6 Å². The fourth-order valence-electron chi connectivity index (χ4n) is 2.39. The highest BCUT2D eigenvalue weighted by Crippen LogP contribution is 2.25. The van der Waals surface area contributed by atoms with Crippen LogP contribution in [0.3, 0.4) is 0 Å². The molecule has 0 fully saturated rings. The van der Waals surface area contributed by atoms with Crippen LogP contribution in [0.15, 0.2) is 75.2 Å². The summed E-state index contributed by atoms with van der Waals surface area (Å²) in [6.07, 6.45) is 4.44. The number of ether oxygens (including phenoxy) is 1. The number of hydrogen-bond acceptors (Lipinski definition) is 7. The highest BCUT2D eigenvalue weighted by molar-refractivity contribution is 7.92. The van der Waals surface area contributed by atoms with Crippen molar-refractivity contribution in [1.29, 1.82) is 0 Å². The largest absolute Gasteiger partial charge is 0.437 e. The van der Waals surface area contributed by atoms with E-state index in [-0.39, 0.29) is 16.4 Å². The molecule has 2 N–H and O–H groups in total. The second kappa shape index (κ2) is 6.57. The quantitative estimate of drug-likeness (QED) is 0.541. The molecule has 0 radical (unpaired) electrons. The van der Waals surface area contributed by atoms with E-state index in [1.165, 1.54) is 42.9 Å². The van der Waals surface area contributed by atoms with Crippen molar-refractivity contribution in [3.63, 3.8) is 0 Å². The number of rotatable bonds is 5. The van der Waals surface area contributed by atoms with Crippen molar-refractivity contribution < 1.29 is 17.6 Å². The smallest absolute Gasteiger partial charge is 0.417 e. The SMILES string of the molecule is O=c1[nH]c2ccc(S(=O)(=O)Nc3cccc(Oc4cnccn4)c3)cc2o1. The summed E-state index contributed by atoms with van der Waals surface area (Å²) in [5, 5.41) is 0. The zero-order chi connectivity index (χ0) is 18.9. The third-order valence-electron chi connectivity index (χ3n) is 3.55. The fourth-order valence-corrected chi connectivity index (χ4v) is 3.45.